The van der Waals surface area contributed by atoms with Crippen molar-refractivity contribution in [2.75, 3.05) is 19.6 Å². The van der Waals surface area contributed by atoms with E-state index in [2.05, 4.69) is 42.3 Å². The molecule has 1 aromatic rings. The monoisotopic (exact) mass is 599 g/mol. The summed E-state index contributed by atoms with van der Waals surface area (Å²) in [4.78, 5) is 15.4. The number of aryl methyl sites for hydroxylation is 1. The van der Waals surface area contributed by atoms with Crippen LogP contribution in [-0.2, 0) is 16.0 Å². The Hall–Kier alpha value is -1.73. The first kappa shape index (κ1) is 28.5. The summed E-state index contributed by atoms with van der Waals surface area (Å²) in [6.07, 6.45) is 15.3. The molecule has 3 spiro atoms. The minimum atomic E-state index is -0.267. The van der Waals surface area contributed by atoms with Gasteiger partial charge >= 0.3 is 0 Å². The lowest BCUT2D eigenvalue weighted by molar-refractivity contribution is -0.211. The highest BCUT2D eigenvalue weighted by atomic mass is 16.5. The number of amides is 1. The molecule has 6 aliphatic carbocycles. The normalized spacial score (nSPS) is 51.3. The van der Waals surface area contributed by atoms with Gasteiger partial charge < -0.3 is 20.9 Å². The van der Waals surface area contributed by atoms with Crippen LogP contribution in [0.3, 0.4) is 0 Å². The van der Waals surface area contributed by atoms with E-state index in [0.29, 0.717) is 53.1 Å². The molecule has 1 aromatic carbocycles. The number of carbonyl (C=O) groups excluding carboxylic acids is 1. The zero-order valence-corrected chi connectivity index (χ0v) is 26.9. The molecule has 0 bridgehead atoms. The van der Waals surface area contributed by atoms with Gasteiger partial charge in [0.1, 0.15) is 0 Å². The Labute approximate surface area is 263 Å². The number of allylic oxidation sites excluding steroid dienone is 1. The lowest BCUT2D eigenvalue weighted by Crippen LogP contribution is -2.66. The summed E-state index contributed by atoms with van der Waals surface area (Å²) in [7, 11) is 0. The van der Waals surface area contributed by atoms with E-state index in [4.69, 9.17) is 10.5 Å². The van der Waals surface area contributed by atoms with Crippen molar-refractivity contribution in [3.05, 3.63) is 47.5 Å². The van der Waals surface area contributed by atoms with Crippen molar-refractivity contribution >= 4 is 5.91 Å². The Bertz CT molecular complexity index is 1380. The minimum Gasteiger partial charge on any atom is -0.389 e. The number of rotatable bonds is 6. The van der Waals surface area contributed by atoms with Crippen molar-refractivity contribution in [3.8, 4) is 0 Å². The quantitative estimate of drug-likeness (QED) is 0.401. The van der Waals surface area contributed by atoms with Crippen LogP contribution >= 0.6 is 0 Å². The molecule has 8 aliphatic rings. The summed E-state index contributed by atoms with van der Waals surface area (Å²) < 4.78 is 7.44. The second-order valence-corrected chi connectivity index (χ2v) is 17.1. The van der Waals surface area contributed by atoms with Crippen LogP contribution in [-0.4, -0.2) is 64.9 Å². The number of nitrogens with zero attached hydrogens (tertiary/aromatic N) is 1. The molecule has 2 aliphatic heterocycles. The highest BCUT2D eigenvalue weighted by molar-refractivity contribution is 5.76. The van der Waals surface area contributed by atoms with E-state index < -0.39 is 0 Å². The van der Waals surface area contributed by atoms with E-state index in [1.54, 1.807) is 0 Å². The van der Waals surface area contributed by atoms with Gasteiger partial charge in [-0.3, -0.25) is 9.69 Å². The first-order chi connectivity index (χ1) is 21.1. The molecule has 238 valence electrons. The molecule has 4 N–H and O–H groups in total. The SMILES string of the molecule is C[C@H]1C[C@H]2O[C@@]34CC[C@@H]5C6(C[C@H]7[C@@]5(N)CCC5=C[C@@H](O)CC[C@@]57C)CC63C[C@@H]4[C@@H]2N(CCNC(=O)CCc2ccccc2)C1. The van der Waals surface area contributed by atoms with Crippen molar-refractivity contribution in [1.29, 1.82) is 0 Å². The fraction of sp³-hybridized carbons (Fsp3) is 0.763. The van der Waals surface area contributed by atoms with Gasteiger partial charge in [-0.15, -0.1) is 0 Å². The number of nitrogens with two attached hydrogens (primary N) is 1. The topological polar surface area (TPSA) is 87.8 Å². The van der Waals surface area contributed by atoms with Crippen molar-refractivity contribution in [3.63, 3.8) is 0 Å². The number of aliphatic hydroxyl groups is 1. The molecule has 9 rings (SSSR count). The molecule has 5 saturated carbocycles. The van der Waals surface area contributed by atoms with E-state index in [0.717, 1.165) is 51.7 Å². The predicted octanol–water partition coefficient (Wildman–Crippen LogP) is 4.99. The van der Waals surface area contributed by atoms with E-state index in [1.807, 2.05) is 18.2 Å². The second kappa shape index (κ2) is 9.42. The third-order valence-corrected chi connectivity index (χ3v) is 15.4. The van der Waals surface area contributed by atoms with E-state index in [-0.39, 0.29) is 28.6 Å². The summed E-state index contributed by atoms with van der Waals surface area (Å²) in [5.41, 5.74) is 11.2. The molecule has 1 amide bonds. The zero-order valence-electron chi connectivity index (χ0n) is 26.9. The largest absolute Gasteiger partial charge is 0.389 e. The molecule has 2 saturated heterocycles. The van der Waals surface area contributed by atoms with Crippen LogP contribution in [0.2, 0.25) is 0 Å². The standard InChI is InChI=1S/C38H53N3O3/c1-24-18-29-33(41(22-24)17-16-40-32(43)9-8-25-6-4-3-5-7-25)28-20-36-23-35(36)21-31-34(2)13-11-27(42)19-26(34)10-14-37(31,39)30(35)12-15-38(28,36)44-29/h3-7,19,24,27-31,33,42H,8-18,20-23,39H2,1-2H3,(H,40,43)/t24-,27-,28+,29+,30+,31+,33-,34-,35?,36?,37+,38+/m0/s1. The molecule has 7 fully saturated rings. The van der Waals surface area contributed by atoms with Crippen LogP contribution in [0.5, 0.6) is 0 Å². The summed E-state index contributed by atoms with van der Waals surface area (Å²) in [5.74, 6) is 2.57. The van der Waals surface area contributed by atoms with Gasteiger partial charge in [0.15, 0.2) is 0 Å². The number of likely N-dealkylation sites (tertiary alicyclic amines) is 1. The average Bonchev–Trinajstić information content (AvgIpc) is 3.53. The molecule has 44 heavy (non-hydrogen) atoms. The Morgan fingerprint density at radius 3 is 2.82 bits per heavy atom. The van der Waals surface area contributed by atoms with Gasteiger partial charge in [0.05, 0.1) is 17.8 Å². The summed E-state index contributed by atoms with van der Waals surface area (Å²) in [5, 5.41) is 13.7. The highest BCUT2D eigenvalue weighted by Gasteiger charge is 2.93. The molecule has 0 aromatic heterocycles. The number of nitrogens with one attached hydrogen (secondary N) is 1. The molecule has 2 heterocycles. The van der Waals surface area contributed by atoms with Crippen LogP contribution in [0.15, 0.2) is 42.0 Å². The fourth-order valence-electron chi connectivity index (χ4n) is 13.7. The molecule has 0 radical (unpaired) electrons. The van der Waals surface area contributed by atoms with Crippen LogP contribution in [0.25, 0.3) is 0 Å². The molecule has 6 nitrogen and oxygen atoms in total. The Morgan fingerprint density at radius 2 is 1.98 bits per heavy atom. The summed E-state index contributed by atoms with van der Waals surface area (Å²) in [6.45, 7) is 7.65. The van der Waals surface area contributed by atoms with Crippen molar-refractivity contribution in [2.45, 2.75) is 120 Å². The first-order valence-electron chi connectivity index (χ1n) is 18.0. The molecule has 12 atom stereocenters. The van der Waals surface area contributed by atoms with Crippen molar-refractivity contribution < 1.29 is 14.6 Å². The maximum Gasteiger partial charge on any atom is 0.220 e. The van der Waals surface area contributed by atoms with E-state index in [1.165, 1.54) is 49.7 Å². The van der Waals surface area contributed by atoms with Gasteiger partial charge in [0.2, 0.25) is 5.91 Å². The van der Waals surface area contributed by atoms with Crippen LogP contribution in [0.1, 0.15) is 90.0 Å². The Balaban J connectivity index is 0.909. The molecule has 2 unspecified atom stereocenters. The lowest BCUT2D eigenvalue weighted by Gasteiger charge is -2.61. The average molecular weight is 600 g/mol. The van der Waals surface area contributed by atoms with Gasteiger partial charge in [-0.2, -0.15) is 0 Å². The van der Waals surface area contributed by atoms with Gasteiger partial charge in [-0.25, -0.2) is 0 Å². The molecular formula is C38H53N3O3. The fourth-order valence-corrected chi connectivity index (χ4v) is 13.7. The number of piperidine rings is 1. The molecule has 6 heteroatoms. The minimum absolute atomic E-state index is 0.0479. The zero-order chi connectivity index (χ0) is 30.1. The summed E-state index contributed by atoms with van der Waals surface area (Å²) in [6, 6.07) is 10.8. The van der Waals surface area contributed by atoms with Crippen molar-refractivity contribution in [2.24, 2.45) is 45.7 Å². The Morgan fingerprint density at radius 1 is 1.14 bits per heavy atom. The van der Waals surface area contributed by atoms with Gasteiger partial charge in [-0.1, -0.05) is 55.8 Å². The summed E-state index contributed by atoms with van der Waals surface area (Å²) >= 11 is 0. The molecular weight excluding hydrogens is 546 g/mol. The van der Waals surface area contributed by atoms with E-state index in [9.17, 15) is 9.90 Å². The van der Waals surface area contributed by atoms with E-state index >= 15 is 0 Å². The van der Waals surface area contributed by atoms with Crippen LogP contribution in [0.4, 0.5) is 0 Å². The number of hydrogen-bond acceptors (Lipinski definition) is 5. The number of hydrogen-bond donors (Lipinski definition) is 3. The van der Waals surface area contributed by atoms with Gasteiger partial charge in [-0.05, 0) is 105 Å². The lowest BCUT2D eigenvalue weighted by atomic mass is 9.47. The number of aliphatic hydroxyl groups excluding tert-OH is 1. The Kier molecular flexibility index (Phi) is 6.10. The van der Waals surface area contributed by atoms with Crippen LogP contribution in [0, 0.1) is 39.9 Å². The number of carbonyl (C=O) groups is 1. The number of fused-ring (bicyclic) bond motifs is 6. The third kappa shape index (κ3) is 3.55. The second-order valence-electron chi connectivity index (χ2n) is 17.1. The maximum atomic E-state index is 12.7. The first-order valence-corrected chi connectivity index (χ1v) is 18.0. The van der Waals surface area contributed by atoms with Gasteiger partial charge in [0.25, 0.3) is 0 Å². The van der Waals surface area contributed by atoms with Gasteiger partial charge in [0, 0.05) is 49.0 Å². The maximum absolute atomic E-state index is 12.7. The predicted molar refractivity (Wildman–Crippen MR) is 171 cm³/mol. The number of ether oxygens (including phenoxy) is 1. The van der Waals surface area contributed by atoms with Crippen molar-refractivity contribution in [1.82, 2.24) is 10.2 Å². The number of benzene rings is 1. The third-order valence-electron chi connectivity index (χ3n) is 15.4. The smallest absolute Gasteiger partial charge is 0.220 e. The highest BCUT2D eigenvalue weighted by Crippen LogP contribution is 2.93. The van der Waals surface area contributed by atoms with Crippen LogP contribution < -0.4 is 11.1 Å².